The maximum atomic E-state index is 14.7. The molecule has 2 aromatic rings. The molecule has 0 amide bonds. The largest absolute Gasteiger partial charge is 0.481 e. The van der Waals surface area contributed by atoms with E-state index in [4.69, 9.17) is 11.6 Å². The first-order valence-corrected chi connectivity index (χ1v) is 7.84. The lowest BCUT2D eigenvalue weighted by molar-refractivity contribution is -0.142. The summed E-state index contributed by atoms with van der Waals surface area (Å²) >= 11 is 6.13. The van der Waals surface area contributed by atoms with Gasteiger partial charge in [0.2, 0.25) is 0 Å². The highest BCUT2D eigenvalue weighted by atomic mass is 35.5. The Kier molecular flexibility index (Phi) is 4.86. The fourth-order valence-electron chi connectivity index (χ4n) is 2.89. The molecule has 25 heavy (non-hydrogen) atoms. The van der Waals surface area contributed by atoms with Gasteiger partial charge in [0, 0.05) is 28.8 Å². The summed E-state index contributed by atoms with van der Waals surface area (Å²) in [5, 5.41) is 13.9. The Morgan fingerprint density at radius 3 is 2.52 bits per heavy atom. The third-order valence-electron chi connectivity index (χ3n) is 4.17. The predicted molar refractivity (Wildman–Crippen MR) is 95.4 cm³/mol. The van der Waals surface area contributed by atoms with E-state index in [1.54, 1.807) is 6.92 Å². The van der Waals surface area contributed by atoms with Gasteiger partial charge in [0.1, 0.15) is 5.82 Å². The number of nitrogens with zero attached hydrogens (tertiary/aromatic N) is 2. The van der Waals surface area contributed by atoms with Crippen LogP contribution in [0.5, 0.6) is 0 Å². The van der Waals surface area contributed by atoms with Crippen molar-refractivity contribution in [3.05, 3.63) is 56.7 Å². The van der Waals surface area contributed by atoms with Gasteiger partial charge in [-0.15, -0.1) is 0 Å². The predicted octanol–water partition coefficient (Wildman–Crippen LogP) is 3.55. The Balaban J connectivity index is 3.13. The Morgan fingerprint density at radius 1 is 1.40 bits per heavy atom. The van der Waals surface area contributed by atoms with E-state index in [9.17, 15) is 19.1 Å². The SMILES string of the molecule is C=Cc1c(Cl)ccc(F)c1-c1c(C(C)(C)C(=O)O)c(C)nn(C)c1=O. The maximum absolute atomic E-state index is 14.7. The van der Waals surface area contributed by atoms with Gasteiger partial charge in [-0.25, -0.2) is 9.07 Å². The minimum atomic E-state index is -1.47. The first-order valence-electron chi connectivity index (χ1n) is 7.46. The number of aliphatic carboxylic acids is 1. The van der Waals surface area contributed by atoms with Crippen LogP contribution < -0.4 is 5.56 Å². The van der Waals surface area contributed by atoms with Crippen molar-refractivity contribution in [2.45, 2.75) is 26.2 Å². The van der Waals surface area contributed by atoms with E-state index in [0.29, 0.717) is 5.69 Å². The molecule has 0 spiro atoms. The number of aryl methyl sites for hydroxylation is 2. The number of aromatic nitrogens is 2. The van der Waals surface area contributed by atoms with Crippen molar-refractivity contribution in [2.75, 3.05) is 0 Å². The average molecular weight is 365 g/mol. The van der Waals surface area contributed by atoms with Crippen molar-refractivity contribution in [1.82, 2.24) is 9.78 Å². The molecule has 2 rings (SSSR count). The highest BCUT2D eigenvalue weighted by Gasteiger charge is 2.37. The highest BCUT2D eigenvalue weighted by Crippen LogP contribution is 2.38. The smallest absolute Gasteiger partial charge is 0.313 e. The topological polar surface area (TPSA) is 72.2 Å². The summed E-state index contributed by atoms with van der Waals surface area (Å²) < 4.78 is 15.7. The number of carboxylic acid groups (broad SMARTS) is 1. The molecule has 0 aliphatic heterocycles. The summed E-state index contributed by atoms with van der Waals surface area (Å²) in [7, 11) is 1.42. The van der Waals surface area contributed by atoms with Gasteiger partial charge in [-0.05, 0) is 32.9 Å². The van der Waals surface area contributed by atoms with E-state index in [-0.39, 0.29) is 27.3 Å². The number of hydrogen-bond acceptors (Lipinski definition) is 3. The van der Waals surface area contributed by atoms with Crippen LogP contribution in [0.1, 0.15) is 30.7 Å². The van der Waals surface area contributed by atoms with Crippen LogP contribution in [0, 0.1) is 12.7 Å². The molecule has 0 saturated heterocycles. The first-order chi connectivity index (χ1) is 11.5. The molecule has 1 aromatic heterocycles. The molecule has 5 nitrogen and oxygen atoms in total. The van der Waals surface area contributed by atoms with Gasteiger partial charge in [-0.1, -0.05) is 24.3 Å². The van der Waals surface area contributed by atoms with Crippen molar-refractivity contribution in [3.8, 4) is 11.1 Å². The molecule has 0 fully saturated rings. The Hall–Kier alpha value is -2.47. The van der Waals surface area contributed by atoms with Crippen molar-refractivity contribution < 1.29 is 14.3 Å². The van der Waals surface area contributed by atoms with Crippen molar-refractivity contribution in [1.29, 1.82) is 0 Å². The molecule has 0 bridgehead atoms. The second-order valence-corrected chi connectivity index (χ2v) is 6.62. The molecule has 1 aromatic carbocycles. The number of benzene rings is 1. The Labute approximate surface area is 149 Å². The minimum absolute atomic E-state index is 0.0714. The zero-order valence-corrected chi connectivity index (χ0v) is 15.1. The van der Waals surface area contributed by atoms with E-state index >= 15 is 0 Å². The van der Waals surface area contributed by atoms with Crippen LogP contribution in [0.3, 0.4) is 0 Å². The summed E-state index contributed by atoms with van der Waals surface area (Å²) in [5.41, 5.74) is -1.53. The number of rotatable bonds is 4. The van der Waals surface area contributed by atoms with Crippen LogP contribution >= 0.6 is 11.6 Å². The van der Waals surface area contributed by atoms with Gasteiger partial charge in [0.15, 0.2) is 0 Å². The van der Waals surface area contributed by atoms with Crippen molar-refractivity contribution in [2.24, 2.45) is 7.05 Å². The van der Waals surface area contributed by atoms with E-state index in [0.717, 1.165) is 10.7 Å². The summed E-state index contributed by atoms with van der Waals surface area (Å²) in [5.74, 6) is -1.85. The maximum Gasteiger partial charge on any atom is 0.313 e. The van der Waals surface area contributed by atoms with Crippen LogP contribution in [0.25, 0.3) is 17.2 Å². The van der Waals surface area contributed by atoms with E-state index < -0.39 is 22.8 Å². The molecular formula is C18H18ClFN2O3. The standard InChI is InChI=1S/C18H18ClFN2O3/c1-6-10-11(19)7-8-12(20)13(10)14-15(18(3,4)17(24)25)9(2)21-22(5)16(14)23/h6-8H,1H2,2-5H3,(H,24,25). The van der Waals surface area contributed by atoms with Gasteiger partial charge in [-0.3, -0.25) is 9.59 Å². The Morgan fingerprint density at radius 2 is 2.00 bits per heavy atom. The summed E-state index contributed by atoms with van der Waals surface area (Å²) in [6.07, 6.45) is 1.34. The third kappa shape index (κ3) is 2.98. The molecule has 0 atom stereocenters. The number of carbonyl (C=O) groups is 1. The quantitative estimate of drug-likeness (QED) is 0.900. The molecule has 132 valence electrons. The summed E-state index contributed by atoms with van der Waals surface area (Å²) in [6.45, 7) is 8.10. The van der Waals surface area contributed by atoms with Crippen LogP contribution in [-0.4, -0.2) is 20.9 Å². The normalized spacial score (nSPS) is 11.4. The van der Waals surface area contributed by atoms with Crippen LogP contribution in [0.4, 0.5) is 4.39 Å². The van der Waals surface area contributed by atoms with Gasteiger partial charge >= 0.3 is 5.97 Å². The van der Waals surface area contributed by atoms with E-state index in [2.05, 4.69) is 11.7 Å². The number of hydrogen-bond donors (Lipinski definition) is 1. The zero-order valence-electron chi connectivity index (χ0n) is 14.4. The lowest BCUT2D eigenvalue weighted by Crippen LogP contribution is -2.35. The lowest BCUT2D eigenvalue weighted by atomic mass is 9.79. The third-order valence-corrected chi connectivity index (χ3v) is 4.50. The monoisotopic (exact) mass is 364 g/mol. The molecule has 0 aliphatic rings. The first kappa shape index (κ1) is 18.9. The fourth-order valence-corrected chi connectivity index (χ4v) is 3.13. The number of halogens is 2. The molecule has 0 aliphatic carbocycles. The van der Waals surface area contributed by atoms with E-state index in [1.807, 2.05) is 0 Å². The molecule has 1 N–H and O–H groups in total. The molecule has 7 heteroatoms. The molecule has 0 saturated carbocycles. The van der Waals surface area contributed by atoms with Gasteiger partial charge in [0.05, 0.1) is 16.7 Å². The fraction of sp³-hybridized carbons (Fsp3) is 0.278. The summed E-state index contributed by atoms with van der Waals surface area (Å²) in [4.78, 5) is 24.6. The minimum Gasteiger partial charge on any atom is -0.481 e. The Bertz CT molecular complexity index is 948. The van der Waals surface area contributed by atoms with Gasteiger partial charge in [-0.2, -0.15) is 5.10 Å². The van der Waals surface area contributed by atoms with Crippen molar-refractivity contribution >= 4 is 23.6 Å². The average Bonchev–Trinajstić information content (AvgIpc) is 2.52. The second kappa shape index (κ2) is 6.44. The van der Waals surface area contributed by atoms with Crippen LogP contribution in [0.15, 0.2) is 23.5 Å². The van der Waals surface area contributed by atoms with Gasteiger partial charge in [0.25, 0.3) is 5.56 Å². The molecule has 0 radical (unpaired) electrons. The highest BCUT2D eigenvalue weighted by molar-refractivity contribution is 6.32. The molecule has 0 unspecified atom stereocenters. The second-order valence-electron chi connectivity index (χ2n) is 6.22. The summed E-state index contributed by atoms with van der Waals surface area (Å²) in [6, 6.07) is 2.50. The van der Waals surface area contributed by atoms with Crippen LogP contribution in [-0.2, 0) is 17.3 Å². The van der Waals surface area contributed by atoms with Gasteiger partial charge < -0.3 is 5.11 Å². The lowest BCUT2D eigenvalue weighted by Gasteiger charge is -2.25. The molecule has 1 heterocycles. The van der Waals surface area contributed by atoms with Crippen molar-refractivity contribution in [3.63, 3.8) is 0 Å². The zero-order chi connectivity index (χ0) is 19.1. The number of carboxylic acids is 1. The molecular weight excluding hydrogens is 347 g/mol. The van der Waals surface area contributed by atoms with Crippen LogP contribution in [0.2, 0.25) is 5.02 Å². The van der Waals surface area contributed by atoms with E-state index in [1.165, 1.54) is 33.0 Å².